The Balaban J connectivity index is 3.05. The van der Waals surface area contributed by atoms with Crippen molar-refractivity contribution in [3.8, 4) is 5.75 Å². The van der Waals surface area contributed by atoms with Gasteiger partial charge in [0.15, 0.2) is 0 Å². The fourth-order valence-corrected chi connectivity index (χ4v) is 1.45. The highest BCUT2D eigenvalue weighted by Gasteiger charge is 2.20. The zero-order valence-electron chi connectivity index (χ0n) is 9.74. The van der Waals surface area contributed by atoms with Crippen LogP contribution in [0.1, 0.15) is 26.3 Å². The summed E-state index contributed by atoms with van der Waals surface area (Å²) in [4.78, 5) is 0. The van der Waals surface area contributed by atoms with Crippen LogP contribution in [-0.4, -0.2) is 12.8 Å². The van der Waals surface area contributed by atoms with Crippen LogP contribution in [-0.2, 0) is 0 Å². The second kappa shape index (κ2) is 4.34. The number of rotatable bonds is 2. The van der Waals surface area contributed by atoms with Crippen molar-refractivity contribution in [2.24, 2.45) is 16.4 Å². The molecule has 0 unspecified atom stereocenters. The third kappa shape index (κ3) is 2.72. The van der Waals surface area contributed by atoms with E-state index in [0.29, 0.717) is 0 Å². The highest BCUT2D eigenvalue weighted by Crippen LogP contribution is 2.22. The maximum Gasteiger partial charge on any atom is 0.118 e. The van der Waals surface area contributed by atoms with Gasteiger partial charge in [0.05, 0.1) is 12.8 Å². The topological polar surface area (TPSA) is 47.6 Å². The van der Waals surface area contributed by atoms with Gasteiger partial charge >= 0.3 is 0 Å². The molecule has 3 nitrogen and oxygen atoms in total. The molecule has 0 aliphatic carbocycles. The van der Waals surface area contributed by atoms with Gasteiger partial charge in [-0.05, 0) is 29.8 Å². The SMILES string of the molecule is COc1ccc(C(=NN)C(C)(C)C)cc1. The lowest BCUT2D eigenvalue weighted by Gasteiger charge is -2.20. The van der Waals surface area contributed by atoms with E-state index >= 15 is 0 Å². The second-order valence-electron chi connectivity index (χ2n) is 4.46. The minimum Gasteiger partial charge on any atom is -0.497 e. The van der Waals surface area contributed by atoms with Gasteiger partial charge in [-0.3, -0.25) is 0 Å². The second-order valence-corrected chi connectivity index (χ2v) is 4.46. The Labute approximate surface area is 90.9 Å². The van der Waals surface area contributed by atoms with E-state index in [1.807, 2.05) is 24.3 Å². The Morgan fingerprint density at radius 1 is 1.20 bits per heavy atom. The summed E-state index contributed by atoms with van der Waals surface area (Å²) in [5, 5.41) is 3.86. The number of benzene rings is 1. The van der Waals surface area contributed by atoms with Crippen molar-refractivity contribution in [2.75, 3.05) is 7.11 Å². The first-order chi connectivity index (χ1) is 6.99. The summed E-state index contributed by atoms with van der Waals surface area (Å²) >= 11 is 0. The first-order valence-corrected chi connectivity index (χ1v) is 4.92. The molecule has 0 heterocycles. The van der Waals surface area contributed by atoms with Crippen molar-refractivity contribution in [2.45, 2.75) is 20.8 Å². The van der Waals surface area contributed by atoms with Crippen molar-refractivity contribution >= 4 is 5.71 Å². The Bertz CT molecular complexity index is 347. The molecule has 0 saturated carbocycles. The zero-order valence-corrected chi connectivity index (χ0v) is 9.74. The predicted molar refractivity (Wildman–Crippen MR) is 63.2 cm³/mol. The molecule has 0 atom stereocenters. The molecule has 0 spiro atoms. The summed E-state index contributed by atoms with van der Waals surface area (Å²) in [6.07, 6.45) is 0. The predicted octanol–water partition coefficient (Wildman–Crippen LogP) is 2.40. The summed E-state index contributed by atoms with van der Waals surface area (Å²) in [5.74, 6) is 6.26. The summed E-state index contributed by atoms with van der Waals surface area (Å²) < 4.78 is 5.10. The van der Waals surface area contributed by atoms with E-state index < -0.39 is 0 Å². The van der Waals surface area contributed by atoms with Crippen molar-refractivity contribution in [3.05, 3.63) is 29.8 Å². The Morgan fingerprint density at radius 2 is 1.73 bits per heavy atom. The molecule has 0 saturated heterocycles. The van der Waals surface area contributed by atoms with Gasteiger partial charge in [0, 0.05) is 5.41 Å². The number of ether oxygens (including phenoxy) is 1. The van der Waals surface area contributed by atoms with Crippen molar-refractivity contribution in [1.82, 2.24) is 0 Å². The molecule has 1 aromatic carbocycles. The molecule has 0 amide bonds. The maximum absolute atomic E-state index is 5.42. The molecule has 0 radical (unpaired) electrons. The molecule has 0 fully saturated rings. The van der Waals surface area contributed by atoms with Gasteiger partial charge in [-0.25, -0.2) is 0 Å². The van der Waals surface area contributed by atoms with Gasteiger partial charge in [0.2, 0.25) is 0 Å². The van der Waals surface area contributed by atoms with E-state index in [2.05, 4.69) is 25.9 Å². The molecule has 1 aromatic rings. The lowest BCUT2D eigenvalue weighted by Crippen LogP contribution is -2.22. The van der Waals surface area contributed by atoms with Crippen LogP contribution in [0.4, 0.5) is 0 Å². The first kappa shape index (κ1) is 11.6. The monoisotopic (exact) mass is 206 g/mol. The van der Waals surface area contributed by atoms with Gasteiger partial charge in [-0.15, -0.1) is 0 Å². The molecule has 0 aliphatic rings. The average molecular weight is 206 g/mol. The largest absolute Gasteiger partial charge is 0.497 e. The molecular formula is C12H18N2O. The van der Waals surface area contributed by atoms with Crippen LogP contribution in [0.15, 0.2) is 29.4 Å². The van der Waals surface area contributed by atoms with E-state index in [4.69, 9.17) is 10.6 Å². The molecular weight excluding hydrogens is 188 g/mol. The number of methoxy groups -OCH3 is 1. The molecule has 1 rings (SSSR count). The summed E-state index contributed by atoms with van der Waals surface area (Å²) in [6.45, 7) is 6.26. The lowest BCUT2D eigenvalue weighted by molar-refractivity contribution is 0.414. The lowest BCUT2D eigenvalue weighted by atomic mass is 9.85. The Kier molecular flexibility index (Phi) is 3.35. The number of hydrogen-bond donors (Lipinski definition) is 1. The van der Waals surface area contributed by atoms with E-state index in [1.165, 1.54) is 0 Å². The van der Waals surface area contributed by atoms with Crippen LogP contribution >= 0.6 is 0 Å². The minimum absolute atomic E-state index is 0.0522. The van der Waals surface area contributed by atoms with E-state index in [0.717, 1.165) is 17.0 Å². The van der Waals surface area contributed by atoms with Gasteiger partial charge in [-0.1, -0.05) is 20.8 Å². The van der Waals surface area contributed by atoms with Gasteiger partial charge in [-0.2, -0.15) is 5.10 Å². The van der Waals surface area contributed by atoms with Gasteiger partial charge in [0.25, 0.3) is 0 Å². The van der Waals surface area contributed by atoms with Crippen LogP contribution in [0.25, 0.3) is 0 Å². The van der Waals surface area contributed by atoms with Crippen LogP contribution in [0.2, 0.25) is 0 Å². The van der Waals surface area contributed by atoms with Crippen LogP contribution in [0.5, 0.6) is 5.75 Å². The van der Waals surface area contributed by atoms with Crippen LogP contribution in [0.3, 0.4) is 0 Å². The normalized spacial score (nSPS) is 12.7. The molecule has 82 valence electrons. The third-order valence-corrected chi connectivity index (χ3v) is 2.20. The highest BCUT2D eigenvalue weighted by molar-refractivity contribution is 6.04. The average Bonchev–Trinajstić information content (AvgIpc) is 2.18. The van der Waals surface area contributed by atoms with E-state index in [9.17, 15) is 0 Å². The molecule has 0 aromatic heterocycles. The number of nitrogens with zero attached hydrogens (tertiary/aromatic N) is 1. The van der Waals surface area contributed by atoms with E-state index in [-0.39, 0.29) is 5.41 Å². The van der Waals surface area contributed by atoms with Crippen LogP contribution in [0, 0.1) is 5.41 Å². The van der Waals surface area contributed by atoms with Gasteiger partial charge < -0.3 is 10.6 Å². The molecule has 0 bridgehead atoms. The quantitative estimate of drug-likeness (QED) is 0.459. The van der Waals surface area contributed by atoms with Gasteiger partial charge in [0.1, 0.15) is 5.75 Å². The molecule has 2 N–H and O–H groups in total. The van der Waals surface area contributed by atoms with Crippen molar-refractivity contribution < 1.29 is 4.74 Å². The maximum atomic E-state index is 5.42. The van der Waals surface area contributed by atoms with Crippen molar-refractivity contribution in [3.63, 3.8) is 0 Å². The summed E-state index contributed by atoms with van der Waals surface area (Å²) in [7, 11) is 1.65. The van der Waals surface area contributed by atoms with E-state index in [1.54, 1.807) is 7.11 Å². The number of hydrazone groups is 1. The molecule has 0 aliphatic heterocycles. The summed E-state index contributed by atoms with van der Waals surface area (Å²) in [5.41, 5.74) is 1.87. The third-order valence-electron chi connectivity index (χ3n) is 2.20. The zero-order chi connectivity index (χ0) is 11.5. The fourth-order valence-electron chi connectivity index (χ4n) is 1.45. The molecule has 3 heteroatoms. The highest BCUT2D eigenvalue weighted by atomic mass is 16.5. The number of nitrogens with two attached hydrogens (primary N) is 1. The number of hydrogen-bond acceptors (Lipinski definition) is 3. The molecule has 15 heavy (non-hydrogen) atoms. The Hall–Kier alpha value is -1.51. The Morgan fingerprint density at radius 3 is 2.07 bits per heavy atom. The van der Waals surface area contributed by atoms with Crippen molar-refractivity contribution in [1.29, 1.82) is 0 Å². The smallest absolute Gasteiger partial charge is 0.118 e. The summed E-state index contributed by atoms with van der Waals surface area (Å²) in [6, 6.07) is 7.75. The first-order valence-electron chi connectivity index (χ1n) is 4.92. The van der Waals surface area contributed by atoms with Crippen LogP contribution < -0.4 is 10.6 Å². The minimum atomic E-state index is -0.0522. The standard InChI is InChI=1S/C12H18N2O/c1-12(2,3)11(14-13)9-5-7-10(15-4)8-6-9/h5-8H,13H2,1-4H3. The fraction of sp³-hybridized carbons (Fsp3) is 0.417.